The molecule has 1 aliphatic heterocycles. The summed E-state index contributed by atoms with van der Waals surface area (Å²) in [4.78, 5) is 17.6. The van der Waals surface area contributed by atoms with E-state index in [4.69, 9.17) is 4.74 Å². The first kappa shape index (κ1) is 23.0. The molecule has 0 saturated carbocycles. The van der Waals surface area contributed by atoms with Crippen LogP contribution in [-0.2, 0) is 4.74 Å². The third kappa shape index (κ3) is 5.25. The van der Waals surface area contributed by atoms with Gasteiger partial charge in [0.15, 0.2) is 0 Å². The van der Waals surface area contributed by atoms with Gasteiger partial charge in [0.05, 0.1) is 11.6 Å². The second-order valence-electron chi connectivity index (χ2n) is 8.84. The molecule has 2 aromatic carbocycles. The summed E-state index contributed by atoms with van der Waals surface area (Å²) in [6.07, 6.45) is 4.97. The van der Waals surface area contributed by atoms with E-state index in [1.165, 1.54) is 0 Å². The lowest BCUT2D eigenvalue weighted by atomic mass is 9.79. The van der Waals surface area contributed by atoms with E-state index in [-0.39, 0.29) is 12.1 Å². The van der Waals surface area contributed by atoms with Gasteiger partial charge < -0.3 is 15.4 Å². The monoisotopic (exact) mass is 443 g/mol. The molecule has 2 N–H and O–H groups in total. The third-order valence-electron chi connectivity index (χ3n) is 6.83. The predicted octanol–water partition coefficient (Wildman–Crippen LogP) is 5.95. The SMILES string of the molecule is C=C[C@H]1CN[C@@H]([C@@H](OC(=O)N[C@H](C)c2ccccc2)c2ccnc3ccccc23)C[C@@H]1CC. The van der Waals surface area contributed by atoms with Crippen molar-refractivity contribution < 1.29 is 9.53 Å². The average Bonchev–Trinajstić information content (AvgIpc) is 2.87. The van der Waals surface area contributed by atoms with Crippen LogP contribution in [0, 0.1) is 11.8 Å². The maximum atomic E-state index is 13.1. The minimum absolute atomic E-state index is 0.00902. The standard InChI is InChI=1S/C28H33N3O2/c1-4-20-17-26(30-18-21(20)5-2)27(24-15-16-29-25-14-10-9-13-23(24)25)33-28(32)31-19(3)22-11-7-6-8-12-22/h5-16,19-21,26-27,30H,2,4,17-18H2,1,3H3,(H,31,32)/t19-,20+,21+,26-,27+/m1/s1. The number of rotatable bonds is 7. The van der Waals surface area contributed by atoms with Gasteiger partial charge in [-0.25, -0.2) is 4.79 Å². The van der Waals surface area contributed by atoms with Crippen molar-refractivity contribution in [1.82, 2.24) is 15.6 Å². The molecule has 5 heteroatoms. The van der Waals surface area contributed by atoms with E-state index in [0.29, 0.717) is 11.8 Å². The van der Waals surface area contributed by atoms with Crippen molar-refractivity contribution in [1.29, 1.82) is 0 Å². The molecule has 3 aromatic rings. The quantitative estimate of drug-likeness (QED) is 0.443. The Hall–Kier alpha value is -3.18. The number of ether oxygens (including phenoxy) is 1. The highest BCUT2D eigenvalue weighted by Crippen LogP contribution is 2.36. The lowest BCUT2D eigenvalue weighted by molar-refractivity contribution is 0.0511. The summed E-state index contributed by atoms with van der Waals surface area (Å²) in [6, 6.07) is 19.8. The second-order valence-corrected chi connectivity index (χ2v) is 8.84. The number of pyridine rings is 1. The van der Waals surface area contributed by atoms with Crippen molar-refractivity contribution in [3.05, 3.63) is 90.6 Å². The molecule has 0 unspecified atom stereocenters. The maximum Gasteiger partial charge on any atom is 0.408 e. The van der Waals surface area contributed by atoms with Gasteiger partial charge in [0.2, 0.25) is 0 Å². The zero-order valence-electron chi connectivity index (χ0n) is 19.4. The molecule has 0 spiro atoms. The molecule has 33 heavy (non-hydrogen) atoms. The van der Waals surface area contributed by atoms with E-state index in [0.717, 1.165) is 41.4 Å². The summed E-state index contributed by atoms with van der Waals surface area (Å²) in [7, 11) is 0. The number of hydrogen-bond acceptors (Lipinski definition) is 4. The van der Waals surface area contributed by atoms with Crippen LogP contribution < -0.4 is 10.6 Å². The van der Waals surface area contributed by atoms with Crippen molar-refractivity contribution in [3.63, 3.8) is 0 Å². The van der Waals surface area contributed by atoms with Crippen LogP contribution in [0.25, 0.3) is 10.9 Å². The molecule has 0 bridgehead atoms. The van der Waals surface area contributed by atoms with E-state index in [1.54, 1.807) is 6.20 Å². The van der Waals surface area contributed by atoms with Gasteiger partial charge in [-0.05, 0) is 42.9 Å². The molecule has 1 amide bonds. The Balaban J connectivity index is 1.61. The minimum Gasteiger partial charge on any atom is -0.440 e. The Morgan fingerprint density at radius 1 is 1.21 bits per heavy atom. The van der Waals surface area contributed by atoms with E-state index in [2.05, 4.69) is 29.1 Å². The number of carbonyl (C=O) groups excluding carboxylic acids is 1. The van der Waals surface area contributed by atoms with Crippen LogP contribution in [0.15, 0.2) is 79.5 Å². The van der Waals surface area contributed by atoms with Gasteiger partial charge in [-0.2, -0.15) is 0 Å². The highest BCUT2D eigenvalue weighted by molar-refractivity contribution is 5.82. The molecular formula is C28H33N3O2. The van der Waals surface area contributed by atoms with E-state index in [1.807, 2.05) is 73.7 Å². The van der Waals surface area contributed by atoms with Crippen molar-refractivity contribution in [3.8, 4) is 0 Å². The fraction of sp³-hybridized carbons (Fsp3) is 0.357. The van der Waals surface area contributed by atoms with Gasteiger partial charge in [0.1, 0.15) is 6.10 Å². The number of fused-ring (bicyclic) bond motifs is 1. The number of benzene rings is 2. The minimum atomic E-state index is -0.430. The number of aromatic nitrogens is 1. The Kier molecular flexibility index (Phi) is 7.40. The lowest BCUT2D eigenvalue weighted by Gasteiger charge is -2.39. The summed E-state index contributed by atoms with van der Waals surface area (Å²) in [6.45, 7) is 9.03. The number of nitrogens with one attached hydrogen (secondary N) is 2. The Morgan fingerprint density at radius 2 is 1.97 bits per heavy atom. The number of nitrogens with zero attached hydrogens (tertiary/aromatic N) is 1. The predicted molar refractivity (Wildman–Crippen MR) is 133 cm³/mol. The van der Waals surface area contributed by atoms with Crippen LogP contribution in [0.4, 0.5) is 4.79 Å². The second kappa shape index (κ2) is 10.6. The molecule has 1 aromatic heterocycles. The smallest absolute Gasteiger partial charge is 0.408 e. The topological polar surface area (TPSA) is 63.2 Å². The number of piperidine rings is 1. The van der Waals surface area contributed by atoms with Crippen molar-refractivity contribution >= 4 is 17.0 Å². The van der Waals surface area contributed by atoms with Crippen LogP contribution in [-0.4, -0.2) is 23.7 Å². The number of alkyl carbamates (subject to hydrolysis) is 1. The summed E-state index contributed by atoms with van der Waals surface area (Å²) < 4.78 is 6.17. The van der Waals surface area contributed by atoms with Crippen LogP contribution in [0.2, 0.25) is 0 Å². The summed E-state index contributed by atoms with van der Waals surface area (Å²) in [5.41, 5.74) is 2.91. The Bertz CT molecular complexity index is 1080. The average molecular weight is 444 g/mol. The van der Waals surface area contributed by atoms with Gasteiger partial charge in [-0.1, -0.05) is 68.0 Å². The van der Waals surface area contributed by atoms with E-state index < -0.39 is 12.2 Å². The largest absolute Gasteiger partial charge is 0.440 e. The van der Waals surface area contributed by atoms with Crippen molar-refractivity contribution in [2.24, 2.45) is 11.8 Å². The van der Waals surface area contributed by atoms with Crippen LogP contribution in [0.1, 0.15) is 50.0 Å². The van der Waals surface area contributed by atoms with Crippen LogP contribution >= 0.6 is 0 Å². The van der Waals surface area contributed by atoms with Gasteiger partial charge in [-0.3, -0.25) is 4.98 Å². The molecule has 1 aliphatic rings. The van der Waals surface area contributed by atoms with Crippen LogP contribution in [0.5, 0.6) is 0 Å². The number of carbonyl (C=O) groups is 1. The molecule has 0 radical (unpaired) electrons. The first-order valence-corrected chi connectivity index (χ1v) is 11.8. The normalized spacial score (nSPS) is 22.3. The maximum absolute atomic E-state index is 13.1. The molecule has 2 heterocycles. The molecule has 1 saturated heterocycles. The Labute approximate surface area is 196 Å². The first-order valence-electron chi connectivity index (χ1n) is 11.8. The zero-order valence-corrected chi connectivity index (χ0v) is 19.4. The summed E-state index contributed by atoms with van der Waals surface area (Å²) in [5, 5.41) is 7.66. The zero-order chi connectivity index (χ0) is 23.2. The van der Waals surface area contributed by atoms with Gasteiger partial charge in [0.25, 0.3) is 0 Å². The Morgan fingerprint density at radius 3 is 2.73 bits per heavy atom. The van der Waals surface area contributed by atoms with Gasteiger partial charge in [0, 0.05) is 29.7 Å². The van der Waals surface area contributed by atoms with Crippen molar-refractivity contribution in [2.45, 2.75) is 44.9 Å². The van der Waals surface area contributed by atoms with Crippen LogP contribution in [0.3, 0.4) is 0 Å². The van der Waals surface area contributed by atoms with Crippen molar-refractivity contribution in [2.75, 3.05) is 6.54 Å². The van der Waals surface area contributed by atoms with Gasteiger partial charge >= 0.3 is 6.09 Å². The molecular weight excluding hydrogens is 410 g/mol. The summed E-state index contributed by atoms with van der Waals surface area (Å²) in [5.74, 6) is 0.923. The molecule has 5 nitrogen and oxygen atoms in total. The third-order valence-corrected chi connectivity index (χ3v) is 6.83. The molecule has 5 atom stereocenters. The number of amides is 1. The lowest BCUT2D eigenvalue weighted by Crippen LogP contribution is -2.48. The fourth-order valence-corrected chi connectivity index (χ4v) is 4.89. The summed E-state index contributed by atoms with van der Waals surface area (Å²) >= 11 is 0. The van der Waals surface area contributed by atoms with Gasteiger partial charge in [-0.15, -0.1) is 6.58 Å². The molecule has 172 valence electrons. The molecule has 1 fully saturated rings. The van der Waals surface area contributed by atoms with E-state index in [9.17, 15) is 4.79 Å². The number of hydrogen-bond donors (Lipinski definition) is 2. The highest BCUT2D eigenvalue weighted by atomic mass is 16.6. The molecule has 4 rings (SSSR count). The van der Waals surface area contributed by atoms with E-state index >= 15 is 0 Å². The number of para-hydroxylation sites is 1. The fourth-order valence-electron chi connectivity index (χ4n) is 4.89. The first-order chi connectivity index (χ1) is 16.1. The molecule has 0 aliphatic carbocycles. The highest BCUT2D eigenvalue weighted by Gasteiger charge is 2.35.